The second-order valence-corrected chi connectivity index (χ2v) is 3.96. The Kier molecular flexibility index (Phi) is 3.72. The summed E-state index contributed by atoms with van der Waals surface area (Å²) < 4.78 is 0. The van der Waals surface area contributed by atoms with Crippen molar-refractivity contribution in [2.75, 3.05) is 11.5 Å². The number of rotatable bonds is 3. The van der Waals surface area contributed by atoms with Crippen molar-refractivity contribution < 1.29 is 9.59 Å². The fourth-order valence-electron chi connectivity index (χ4n) is 1.84. The number of nitrogens with two attached hydrogens (primary N) is 2. The number of aliphatic imine (C=N–C) groups is 2. The van der Waals surface area contributed by atoms with Crippen molar-refractivity contribution in [3.8, 4) is 11.1 Å². The number of benzene rings is 2. The van der Waals surface area contributed by atoms with E-state index in [1.54, 1.807) is 24.3 Å². The van der Waals surface area contributed by atoms with Crippen molar-refractivity contribution >= 4 is 34.9 Å². The molecule has 6 heteroatoms. The molecular formula is C14H10N4O2. The van der Waals surface area contributed by atoms with E-state index in [0.717, 1.165) is 0 Å². The molecule has 4 N–H and O–H groups in total. The molecule has 2 rings (SSSR count). The Morgan fingerprint density at radius 3 is 1.50 bits per heavy atom. The zero-order valence-electron chi connectivity index (χ0n) is 10.3. The molecule has 2 aromatic rings. The molecule has 0 fully saturated rings. The average molecular weight is 266 g/mol. The highest BCUT2D eigenvalue weighted by molar-refractivity contribution is 5.87. The Morgan fingerprint density at radius 1 is 0.750 bits per heavy atom. The standard InChI is InChI=1S/C14H10N4O2/c15-9-1-3-11(13(5-9)17-7-19)12-4-2-10(16)6-14(12)18-8-20/h1-6H,15-16H2. The van der Waals surface area contributed by atoms with E-state index < -0.39 is 0 Å². The molecule has 2 aromatic carbocycles. The first kappa shape index (κ1) is 13.2. The quantitative estimate of drug-likeness (QED) is 0.504. The fourth-order valence-corrected chi connectivity index (χ4v) is 1.84. The van der Waals surface area contributed by atoms with E-state index in [1.807, 2.05) is 0 Å². The van der Waals surface area contributed by atoms with Gasteiger partial charge in [-0.15, -0.1) is 0 Å². The summed E-state index contributed by atoms with van der Waals surface area (Å²) in [6, 6.07) is 9.74. The highest BCUT2D eigenvalue weighted by Gasteiger charge is 2.10. The first-order valence-corrected chi connectivity index (χ1v) is 5.61. The van der Waals surface area contributed by atoms with Crippen LogP contribution in [0.15, 0.2) is 46.4 Å². The van der Waals surface area contributed by atoms with Crippen molar-refractivity contribution in [1.29, 1.82) is 0 Å². The molecule has 6 nitrogen and oxygen atoms in total. The van der Waals surface area contributed by atoms with Crippen LogP contribution in [0.1, 0.15) is 0 Å². The third-order valence-electron chi connectivity index (χ3n) is 2.67. The van der Waals surface area contributed by atoms with Gasteiger partial charge in [0.1, 0.15) is 0 Å². The van der Waals surface area contributed by atoms with Gasteiger partial charge in [-0.25, -0.2) is 9.59 Å². The molecular weight excluding hydrogens is 256 g/mol. The molecule has 0 aromatic heterocycles. The van der Waals surface area contributed by atoms with Gasteiger partial charge < -0.3 is 11.5 Å². The van der Waals surface area contributed by atoms with E-state index in [4.69, 9.17) is 11.5 Å². The molecule has 0 saturated carbocycles. The van der Waals surface area contributed by atoms with E-state index in [1.165, 1.54) is 24.3 Å². The van der Waals surface area contributed by atoms with Crippen molar-refractivity contribution in [1.82, 2.24) is 0 Å². The Balaban J connectivity index is 2.74. The molecule has 0 atom stereocenters. The molecule has 0 aliphatic heterocycles. The van der Waals surface area contributed by atoms with Crippen molar-refractivity contribution in [3.05, 3.63) is 36.4 Å². The van der Waals surface area contributed by atoms with Gasteiger partial charge in [0, 0.05) is 22.5 Å². The highest BCUT2D eigenvalue weighted by Crippen LogP contribution is 2.38. The van der Waals surface area contributed by atoms with Gasteiger partial charge in [0.2, 0.25) is 12.2 Å². The molecule has 0 unspecified atom stereocenters. The third-order valence-corrected chi connectivity index (χ3v) is 2.67. The zero-order valence-corrected chi connectivity index (χ0v) is 10.3. The molecule has 0 bridgehead atoms. The zero-order chi connectivity index (χ0) is 14.5. The van der Waals surface area contributed by atoms with Crippen LogP contribution in [-0.4, -0.2) is 12.2 Å². The number of nitrogen functional groups attached to an aromatic ring is 2. The predicted octanol–water partition coefficient (Wildman–Crippen LogP) is 2.45. The van der Waals surface area contributed by atoms with Crippen LogP contribution in [0.4, 0.5) is 22.7 Å². The Hall–Kier alpha value is -3.20. The summed E-state index contributed by atoms with van der Waals surface area (Å²) in [7, 11) is 0. The van der Waals surface area contributed by atoms with Gasteiger partial charge >= 0.3 is 0 Å². The highest BCUT2D eigenvalue weighted by atomic mass is 16.1. The predicted molar refractivity (Wildman–Crippen MR) is 76.3 cm³/mol. The van der Waals surface area contributed by atoms with Crippen LogP contribution in [0.2, 0.25) is 0 Å². The summed E-state index contributed by atoms with van der Waals surface area (Å²) in [4.78, 5) is 28.2. The van der Waals surface area contributed by atoms with Gasteiger partial charge in [-0.05, 0) is 24.3 Å². The maximum atomic E-state index is 10.5. The summed E-state index contributed by atoms with van der Waals surface area (Å²) in [5.74, 6) is 0. The molecule has 20 heavy (non-hydrogen) atoms. The Labute approximate surface area is 114 Å². The molecule has 0 radical (unpaired) electrons. The second kappa shape index (κ2) is 5.63. The summed E-state index contributed by atoms with van der Waals surface area (Å²) in [6.45, 7) is 0. The van der Waals surface area contributed by atoms with Crippen LogP contribution < -0.4 is 11.5 Å². The monoisotopic (exact) mass is 266 g/mol. The number of nitrogens with zero attached hydrogens (tertiary/aromatic N) is 2. The maximum absolute atomic E-state index is 10.5. The molecule has 0 heterocycles. The van der Waals surface area contributed by atoms with Crippen LogP contribution in [0.5, 0.6) is 0 Å². The molecule has 0 amide bonds. The van der Waals surface area contributed by atoms with Gasteiger partial charge in [0.25, 0.3) is 0 Å². The smallest absolute Gasteiger partial charge is 0.240 e. The molecule has 98 valence electrons. The van der Waals surface area contributed by atoms with Crippen LogP contribution >= 0.6 is 0 Å². The summed E-state index contributed by atoms with van der Waals surface area (Å²) in [5, 5.41) is 0. The first-order chi connectivity index (χ1) is 9.65. The van der Waals surface area contributed by atoms with Crippen LogP contribution in [0, 0.1) is 0 Å². The summed E-state index contributed by atoms with van der Waals surface area (Å²) >= 11 is 0. The van der Waals surface area contributed by atoms with Gasteiger partial charge in [0.15, 0.2) is 0 Å². The normalized spacial score (nSPS) is 9.40. The topological polar surface area (TPSA) is 111 Å². The van der Waals surface area contributed by atoms with E-state index >= 15 is 0 Å². The maximum Gasteiger partial charge on any atom is 0.240 e. The largest absolute Gasteiger partial charge is 0.399 e. The number of hydrogen-bond acceptors (Lipinski definition) is 6. The fraction of sp³-hybridized carbons (Fsp3) is 0. The van der Waals surface area contributed by atoms with Crippen LogP contribution in [0.3, 0.4) is 0 Å². The minimum atomic E-state index is 0.340. The van der Waals surface area contributed by atoms with E-state index in [-0.39, 0.29) is 0 Å². The number of isocyanates is 2. The first-order valence-electron chi connectivity index (χ1n) is 5.61. The van der Waals surface area contributed by atoms with Gasteiger partial charge in [0.05, 0.1) is 11.4 Å². The minimum Gasteiger partial charge on any atom is -0.399 e. The SMILES string of the molecule is Nc1ccc(-c2ccc(N)cc2N=C=O)c(N=C=O)c1. The molecule has 0 aliphatic rings. The van der Waals surface area contributed by atoms with Gasteiger partial charge in [-0.2, -0.15) is 9.98 Å². The van der Waals surface area contributed by atoms with E-state index in [0.29, 0.717) is 33.9 Å². The van der Waals surface area contributed by atoms with Gasteiger partial charge in [-0.1, -0.05) is 12.1 Å². The van der Waals surface area contributed by atoms with E-state index in [9.17, 15) is 9.59 Å². The lowest BCUT2D eigenvalue weighted by Crippen LogP contribution is -1.88. The number of hydrogen-bond donors (Lipinski definition) is 2. The lowest BCUT2D eigenvalue weighted by Gasteiger charge is -2.09. The second-order valence-electron chi connectivity index (χ2n) is 3.96. The third kappa shape index (κ3) is 2.62. The molecule has 0 spiro atoms. The Morgan fingerprint density at radius 2 is 1.15 bits per heavy atom. The Bertz CT molecular complexity index is 692. The number of carbonyl (C=O) groups excluding carboxylic acids is 2. The van der Waals surface area contributed by atoms with Crippen LogP contribution in [0.25, 0.3) is 11.1 Å². The minimum absolute atomic E-state index is 0.340. The van der Waals surface area contributed by atoms with E-state index in [2.05, 4.69) is 9.98 Å². The van der Waals surface area contributed by atoms with Crippen molar-refractivity contribution in [2.45, 2.75) is 0 Å². The summed E-state index contributed by atoms with van der Waals surface area (Å²) in [5.41, 5.74) is 14.1. The number of anilines is 2. The lowest BCUT2D eigenvalue weighted by atomic mass is 10.0. The average Bonchev–Trinajstić information content (AvgIpc) is 2.41. The van der Waals surface area contributed by atoms with Crippen LogP contribution in [-0.2, 0) is 9.59 Å². The molecule has 0 aliphatic carbocycles. The summed E-state index contributed by atoms with van der Waals surface area (Å²) in [6.07, 6.45) is 2.94. The van der Waals surface area contributed by atoms with Crippen molar-refractivity contribution in [2.24, 2.45) is 9.98 Å². The van der Waals surface area contributed by atoms with Gasteiger partial charge in [-0.3, -0.25) is 0 Å². The van der Waals surface area contributed by atoms with Crippen molar-refractivity contribution in [3.63, 3.8) is 0 Å². The lowest BCUT2D eigenvalue weighted by molar-refractivity contribution is 0.564. The molecule has 0 saturated heterocycles.